The van der Waals surface area contributed by atoms with Gasteiger partial charge in [0.1, 0.15) is 23.2 Å². The number of carbonyl (C=O) groups is 3. The van der Waals surface area contributed by atoms with Crippen LogP contribution in [0.1, 0.15) is 30.0 Å². The standard InChI is InChI=1S/C20H14N2O4/c1-11-16(19(24)22-20(25)17(11)10-21)9-15-6-7-18(26-15)14-5-3-4-13(8-14)12(2)23/h3-9H,1-2H3,(H,22,24,25)/b16-9-. The van der Waals surface area contributed by atoms with Gasteiger partial charge in [0.25, 0.3) is 11.8 Å². The van der Waals surface area contributed by atoms with Crippen molar-refractivity contribution in [3.05, 3.63) is 64.4 Å². The van der Waals surface area contributed by atoms with Gasteiger partial charge >= 0.3 is 0 Å². The Morgan fingerprint density at radius 2 is 1.96 bits per heavy atom. The minimum absolute atomic E-state index is 0.0471. The van der Waals surface area contributed by atoms with E-state index in [4.69, 9.17) is 9.68 Å². The van der Waals surface area contributed by atoms with Crippen molar-refractivity contribution in [2.75, 3.05) is 0 Å². The molecule has 128 valence electrons. The summed E-state index contributed by atoms with van der Waals surface area (Å²) in [4.78, 5) is 35.2. The predicted octanol–water partition coefficient (Wildman–Crippen LogP) is 3.03. The number of nitrogens with zero attached hydrogens (tertiary/aromatic N) is 1. The number of nitrogens with one attached hydrogen (secondary N) is 1. The summed E-state index contributed by atoms with van der Waals surface area (Å²) in [6, 6.07) is 12.2. The summed E-state index contributed by atoms with van der Waals surface area (Å²) >= 11 is 0. The fourth-order valence-electron chi connectivity index (χ4n) is 2.64. The minimum atomic E-state index is -0.701. The number of carbonyl (C=O) groups excluding carboxylic acids is 3. The molecule has 0 saturated carbocycles. The molecule has 0 unspecified atom stereocenters. The molecule has 0 aliphatic carbocycles. The van der Waals surface area contributed by atoms with Gasteiger partial charge in [-0.2, -0.15) is 5.26 Å². The van der Waals surface area contributed by atoms with Crippen LogP contribution in [-0.4, -0.2) is 17.6 Å². The molecule has 0 bridgehead atoms. The molecule has 26 heavy (non-hydrogen) atoms. The van der Waals surface area contributed by atoms with Crippen molar-refractivity contribution in [1.82, 2.24) is 5.32 Å². The second-order valence-electron chi connectivity index (χ2n) is 5.79. The molecule has 1 aromatic carbocycles. The normalized spacial score (nSPS) is 15.8. The minimum Gasteiger partial charge on any atom is -0.457 e. The highest BCUT2D eigenvalue weighted by Crippen LogP contribution is 2.27. The molecule has 0 radical (unpaired) electrons. The molecular weight excluding hydrogens is 332 g/mol. The van der Waals surface area contributed by atoms with E-state index in [0.717, 1.165) is 5.56 Å². The van der Waals surface area contributed by atoms with E-state index in [1.165, 1.54) is 13.0 Å². The lowest BCUT2D eigenvalue weighted by molar-refractivity contribution is -0.126. The number of imide groups is 1. The Labute approximate surface area is 149 Å². The molecule has 1 aliphatic rings. The molecule has 0 spiro atoms. The van der Waals surface area contributed by atoms with Gasteiger partial charge in [-0.3, -0.25) is 19.7 Å². The van der Waals surface area contributed by atoms with Crippen LogP contribution in [0.4, 0.5) is 0 Å². The Hall–Kier alpha value is -3.72. The molecule has 0 saturated heterocycles. The largest absolute Gasteiger partial charge is 0.457 e. The molecule has 0 fully saturated rings. The molecule has 0 atom stereocenters. The van der Waals surface area contributed by atoms with Gasteiger partial charge in [0, 0.05) is 16.7 Å². The van der Waals surface area contributed by atoms with Crippen molar-refractivity contribution in [3.63, 3.8) is 0 Å². The second kappa shape index (κ2) is 6.65. The average Bonchev–Trinajstić information content (AvgIpc) is 3.07. The highest BCUT2D eigenvalue weighted by Gasteiger charge is 2.27. The van der Waals surface area contributed by atoms with Gasteiger partial charge in [0.05, 0.1) is 0 Å². The summed E-state index contributed by atoms with van der Waals surface area (Å²) in [5, 5.41) is 11.2. The number of nitriles is 1. The maximum absolute atomic E-state index is 12.1. The fourth-order valence-corrected chi connectivity index (χ4v) is 2.64. The molecule has 2 heterocycles. The highest BCUT2D eigenvalue weighted by molar-refractivity contribution is 6.19. The van der Waals surface area contributed by atoms with Gasteiger partial charge in [0.15, 0.2) is 5.78 Å². The van der Waals surface area contributed by atoms with Crippen LogP contribution in [0.15, 0.2) is 57.5 Å². The third-order valence-electron chi connectivity index (χ3n) is 4.06. The first-order valence-corrected chi connectivity index (χ1v) is 7.80. The lowest BCUT2D eigenvalue weighted by Crippen LogP contribution is -2.37. The summed E-state index contributed by atoms with van der Waals surface area (Å²) < 4.78 is 5.74. The summed E-state index contributed by atoms with van der Waals surface area (Å²) in [7, 11) is 0. The maximum Gasteiger partial charge on any atom is 0.269 e. The monoisotopic (exact) mass is 346 g/mol. The Balaban J connectivity index is 1.99. The number of hydrogen-bond donors (Lipinski definition) is 1. The summed E-state index contributed by atoms with van der Waals surface area (Å²) in [5.74, 6) is -0.399. The van der Waals surface area contributed by atoms with Gasteiger partial charge in [-0.25, -0.2) is 0 Å². The lowest BCUT2D eigenvalue weighted by atomic mass is 9.96. The van der Waals surface area contributed by atoms with Gasteiger partial charge in [-0.15, -0.1) is 0 Å². The van der Waals surface area contributed by atoms with Crippen LogP contribution in [0.2, 0.25) is 0 Å². The predicted molar refractivity (Wildman–Crippen MR) is 93.6 cm³/mol. The quantitative estimate of drug-likeness (QED) is 0.523. The molecule has 1 aliphatic heterocycles. The number of hydrogen-bond acceptors (Lipinski definition) is 5. The molecule has 2 amide bonds. The van der Waals surface area contributed by atoms with E-state index in [1.54, 1.807) is 43.3 Å². The van der Waals surface area contributed by atoms with Gasteiger partial charge in [0.2, 0.25) is 0 Å². The second-order valence-corrected chi connectivity index (χ2v) is 5.79. The topological polar surface area (TPSA) is 100 Å². The molecule has 3 rings (SSSR count). The van der Waals surface area contributed by atoms with Crippen molar-refractivity contribution >= 4 is 23.7 Å². The van der Waals surface area contributed by atoms with Gasteiger partial charge in [-0.05, 0) is 43.7 Å². The first kappa shape index (κ1) is 17.1. The Morgan fingerprint density at radius 1 is 1.19 bits per heavy atom. The molecule has 6 heteroatoms. The summed E-state index contributed by atoms with van der Waals surface area (Å²) in [6.45, 7) is 3.03. The summed E-state index contributed by atoms with van der Waals surface area (Å²) in [6.07, 6.45) is 1.48. The molecular formula is C20H14N2O4. The smallest absolute Gasteiger partial charge is 0.269 e. The van der Waals surface area contributed by atoms with E-state index >= 15 is 0 Å². The SMILES string of the molecule is CC(=O)c1cccc(-c2ccc(/C=C3\C(=O)NC(=O)C(C#N)=C3C)o2)c1. The number of rotatable bonds is 3. The van der Waals surface area contributed by atoms with Crippen LogP contribution in [0.5, 0.6) is 0 Å². The number of ketones is 1. The number of furan rings is 1. The lowest BCUT2D eigenvalue weighted by Gasteiger charge is -2.15. The van der Waals surface area contributed by atoms with Gasteiger partial charge in [-0.1, -0.05) is 18.2 Å². The zero-order chi connectivity index (χ0) is 18.8. The van der Waals surface area contributed by atoms with E-state index < -0.39 is 11.8 Å². The van der Waals surface area contributed by atoms with Crippen LogP contribution in [-0.2, 0) is 9.59 Å². The van der Waals surface area contributed by atoms with E-state index in [-0.39, 0.29) is 16.9 Å². The van der Waals surface area contributed by atoms with E-state index in [1.807, 2.05) is 6.07 Å². The third-order valence-corrected chi connectivity index (χ3v) is 4.06. The first-order valence-electron chi connectivity index (χ1n) is 7.80. The zero-order valence-corrected chi connectivity index (χ0v) is 14.1. The third kappa shape index (κ3) is 3.10. The Morgan fingerprint density at radius 3 is 2.65 bits per heavy atom. The van der Waals surface area contributed by atoms with E-state index in [0.29, 0.717) is 22.7 Å². The van der Waals surface area contributed by atoms with E-state index in [9.17, 15) is 14.4 Å². The van der Waals surface area contributed by atoms with Crippen LogP contribution in [0.25, 0.3) is 17.4 Å². The number of amides is 2. The summed E-state index contributed by atoms with van der Waals surface area (Å²) in [5.41, 5.74) is 1.70. The molecule has 1 aromatic heterocycles. The van der Waals surface area contributed by atoms with Crippen LogP contribution in [0.3, 0.4) is 0 Å². The number of Topliss-reactive ketones (excluding diaryl/α,β-unsaturated/α-hetero) is 1. The van der Waals surface area contributed by atoms with E-state index in [2.05, 4.69) is 5.32 Å². The van der Waals surface area contributed by atoms with Crippen molar-refractivity contribution < 1.29 is 18.8 Å². The average molecular weight is 346 g/mol. The molecule has 2 aromatic rings. The molecule has 6 nitrogen and oxygen atoms in total. The van der Waals surface area contributed by atoms with Crippen molar-refractivity contribution in [2.24, 2.45) is 0 Å². The zero-order valence-electron chi connectivity index (χ0n) is 14.1. The van der Waals surface area contributed by atoms with Crippen molar-refractivity contribution in [3.8, 4) is 17.4 Å². The Kier molecular flexibility index (Phi) is 4.38. The highest BCUT2D eigenvalue weighted by atomic mass is 16.3. The first-order chi connectivity index (χ1) is 12.4. The van der Waals surface area contributed by atoms with Gasteiger partial charge < -0.3 is 4.42 Å². The fraction of sp³-hybridized carbons (Fsp3) is 0.100. The van der Waals surface area contributed by atoms with Crippen LogP contribution >= 0.6 is 0 Å². The van der Waals surface area contributed by atoms with Crippen molar-refractivity contribution in [1.29, 1.82) is 5.26 Å². The van der Waals surface area contributed by atoms with Crippen LogP contribution < -0.4 is 5.32 Å². The number of benzene rings is 1. The maximum atomic E-state index is 12.1. The van der Waals surface area contributed by atoms with Crippen molar-refractivity contribution in [2.45, 2.75) is 13.8 Å². The molecule has 1 N–H and O–H groups in total. The Bertz CT molecular complexity index is 1050. The van der Waals surface area contributed by atoms with Crippen LogP contribution in [0, 0.1) is 11.3 Å².